The highest BCUT2D eigenvalue weighted by molar-refractivity contribution is 5.83. The van der Waals surface area contributed by atoms with Crippen molar-refractivity contribution in [2.24, 2.45) is 0 Å². The van der Waals surface area contributed by atoms with Crippen molar-refractivity contribution in [3.63, 3.8) is 0 Å². The molecule has 0 saturated carbocycles. The van der Waals surface area contributed by atoms with Gasteiger partial charge in [-0.25, -0.2) is 10.4 Å². The van der Waals surface area contributed by atoms with Crippen molar-refractivity contribution in [2.75, 3.05) is 18.1 Å². The van der Waals surface area contributed by atoms with Crippen LogP contribution >= 0.6 is 0 Å². The number of benzene rings is 1. The van der Waals surface area contributed by atoms with Crippen LogP contribution in [0.5, 0.6) is 0 Å². The Morgan fingerprint density at radius 2 is 1.94 bits per heavy atom. The van der Waals surface area contributed by atoms with Crippen LogP contribution in [0.2, 0.25) is 0 Å². The van der Waals surface area contributed by atoms with Crippen molar-refractivity contribution in [3.05, 3.63) is 36.5 Å². The van der Waals surface area contributed by atoms with Crippen molar-refractivity contribution in [1.29, 1.82) is 0 Å². The summed E-state index contributed by atoms with van der Waals surface area (Å²) < 4.78 is 0. The minimum absolute atomic E-state index is 1.03. The highest BCUT2D eigenvalue weighted by Gasteiger charge is 2.10. The Morgan fingerprint density at radius 1 is 1.06 bits per heavy atom. The van der Waals surface area contributed by atoms with Crippen LogP contribution < -0.4 is 10.4 Å². The average molecular weight is 227 g/mol. The van der Waals surface area contributed by atoms with E-state index in [9.17, 15) is 0 Å². The first-order valence-corrected chi connectivity index (χ1v) is 6.29. The van der Waals surface area contributed by atoms with Crippen LogP contribution in [0, 0.1) is 0 Å². The van der Waals surface area contributed by atoms with E-state index in [1.54, 1.807) is 0 Å². The highest BCUT2D eigenvalue weighted by atomic mass is 15.5. The molecule has 0 atom stereocenters. The van der Waals surface area contributed by atoms with Crippen molar-refractivity contribution in [2.45, 2.75) is 19.3 Å². The summed E-state index contributed by atoms with van der Waals surface area (Å²) in [6.07, 6.45) is 5.75. The van der Waals surface area contributed by atoms with E-state index < -0.39 is 0 Å². The van der Waals surface area contributed by atoms with E-state index in [2.05, 4.69) is 39.7 Å². The van der Waals surface area contributed by atoms with E-state index in [-0.39, 0.29) is 0 Å². The molecular weight excluding hydrogens is 210 g/mol. The predicted octanol–water partition coefficient (Wildman–Crippen LogP) is 2.73. The Kier molecular flexibility index (Phi) is 2.92. The number of rotatable bonds is 1. The second-order valence-electron chi connectivity index (χ2n) is 4.51. The van der Waals surface area contributed by atoms with Crippen LogP contribution in [0.1, 0.15) is 19.3 Å². The molecule has 1 aromatic heterocycles. The lowest BCUT2D eigenvalue weighted by atomic mass is 10.2. The lowest BCUT2D eigenvalue weighted by Crippen LogP contribution is -2.38. The number of aromatic nitrogens is 1. The van der Waals surface area contributed by atoms with Crippen LogP contribution in [0.25, 0.3) is 10.8 Å². The largest absolute Gasteiger partial charge is 0.292 e. The quantitative estimate of drug-likeness (QED) is 0.812. The molecule has 1 aliphatic rings. The van der Waals surface area contributed by atoms with Crippen LogP contribution in [0.4, 0.5) is 5.82 Å². The van der Waals surface area contributed by atoms with Crippen molar-refractivity contribution < 1.29 is 0 Å². The summed E-state index contributed by atoms with van der Waals surface area (Å²) >= 11 is 0. The van der Waals surface area contributed by atoms with Gasteiger partial charge in [0, 0.05) is 24.7 Å². The van der Waals surface area contributed by atoms with Crippen LogP contribution in [0.15, 0.2) is 36.5 Å². The third-order valence-electron chi connectivity index (χ3n) is 3.25. The lowest BCUT2D eigenvalue weighted by molar-refractivity contribution is 0.653. The summed E-state index contributed by atoms with van der Waals surface area (Å²) in [4.78, 5) is 4.54. The second kappa shape index (κ2) is 4.72. The highest BCUT2D eigenvalue weighted by Crippen LogP contribution is 2.19. The van der Waals surface area contributed by atoms with Gasteiger partial charge in [0.2, 0.25) is 0 Å². The molecule has 88 valence electrons. The monoisotopic (exact) mass is 227 g/mol. The first-order chi connectivity index (χ1) is 8.43. The number of pyridine rings is 1. The molecule has 0 amide bonds. The van der Waals surface area contributed by atoms with Gasteiger partial charge in [-0.2, -0.15) is 0 Å². The van der Waals surface area contributed by atoms with Gasteiger partial charge in [-0.3, -0.25) is 5.01 Å². The summed E-state index contributed by atoms with van der Waals surface area (Å²) in [5, 5.41) is 4.63. The normalized spacial score (nSPS) is 17.1. The number of hydrogen-bond donors (Lipinski definition) is 1. The van der Waals surface area contributed by atoms with Crippen LogP contribution in [-0.4, -0.2) is 18.1 Å². The van der Waals surface area contributed by atoms with Crippen molar-refractivity contribution in [1.82, 2.24) is 10.4 Å². The second-order valence-corrected chi connectivity index (χ2v) is 4.51. The molecule has 0 bridgehead atoms. The Morgan fingerprint density at radius 3 is 2.88 bits per heavy atom. The Labute approximate surface area is 101 Å². The molecule has 1 N–H and O–H groups in total. The third-order valence-corrected chi connectivity index (χ3v) is 3.25. The number of anilines is 1. The zero-order valence-electron chi connectivity index (χ0n) is 9.89. The summed E-state index contributed by atoms with van der Waals surface area (Å²) in [5.41, 5.74) is 3.43. The smallest absolute Gasteiger partial charge is 0.143 e. The molecule has 1 aliphatic heterocycles. The molecule has 0 radical (unpaired) electrons. The minimum Gasteiger partial charge on any atom is -0.292 e. The van der Waals surface area contributed by atoms with Gasteiger partial charge in [0.05, 0.1) is 0 Å². The molecule has 1 aromatic carbocycles. The molecule has 2 aromatic rings. The van der Waals surface area contributed by atoms with E-state index >= 15 is 0 Å². The van der Waals surface area contributed by atoms with Gasteiger partial charge in [-0.05, 0) is 24.3 Å². The van der Waals surface area contributed by atoms with E-state index in [0.29, 0.717) is 0 Å². The number of hydrogen-bond acceptors (Lipinski definition) is 3. The minimum atomic E-state index is 1.03. The molecule has 1 saturated heterocycles. The molecule has 0 unspecified atom stereocenters. The standard InChI is InChI=1S/C14H17N3/c1-4-8-16-17(9-5-1)14-10-12-6-2-3-7-13(12)11-15-14/h2-3,6-7,10-11,16H,1,4-5,8-9H2. The summed E-state index contributed by atoms with van der Waals surface area (Å²) in [7, 11) is 0. The number of fused-ring (bicyclic) bond motifs is 1. The summed E-state index contributed by atoms with van der Waals surface area (Å²) in [5.74, 6) is 1.03. The van der Waals surface area contributed by atoms with Gasteiger partial charge in [-0.1, -0.05) is 30.7 Å². The number of nitrogens with zero attached hydrogens (tertiary/aromatic N) is 2. The maximum absolute atomic E-state index is 4.54. The predicted molar refractivity (Wildman–Crippen MR) is 70.9 cm³/mol. The van der Waals surface area contributed by atoms with Crippen LogP contribution in [0.3, 0.4) is 0 Å². The summed E-state index contributed by atoms with van der Waals surface area (Å²) in [6.45, 7) is 2.10. The molecule has 17 heavy (non-hydrogen) atoms. The van der Waals surface area contributed by atoms with Gasteiger partial charge < -0.3 is 0 Å². The molecular formula is C14H17N3. The van der Waals surface area contributed by atoms with E-state index in [1.165, 1.54) is 30.0 Å². The molecule has 3 nitrogen and oxygen atoms in total. The molecule has 3 heteroatoms. The van der Waals surface area contributed by atoms with Gasteiger partial charge in [-0.15, -0.1) is 0 Å². The van der Waals surface area contributed by atoms with Crippen molar-refractivity contribution >= 4 is 16.6 Å². The Balaban J connectivity index is 1.93. The van der Waals surface area contributed by atoms with Gasteiger partial charge in [0.25, 0.3) is 0 Å². The third kappa shape index (κ3) is 2.24. The Hall–Kier alpha value is -1.61. The number of nitrogens with one attached hydrogen (secondary N) is 1. The number of hydrazine groups is 1. The average Bonchev–Trinajstić information content (AvgIpc) is 2.67. The topological polar surface area (TPSA) is 28.2 Å². The fourth-order valence-corrected chi connectivity index (χ4v) is 2.28. The molecule has 1 fully saturated rings. The van der Waals surface area contributed by atoms with E-state index in [0.717, 1.165) is 18.9 Å². The van der Waals surface area contributed by atoms with Crippen molar-refractivity contribution in [3.8, 4) is 0 Å². The zero-order chi connectivity index (χ0) is 11.5. The SMILES string of the molecule is c1ccc2cc(N3CCCCCN3)ncc2c1. The molecule has 2 heterocycles. The fraction of sp³-hybridized carbons (Fsp3) is 0.357. The van der Waals surface area contributed by atoms with Gasteiger partial charge >= 0.3 is 0 Å². The molecule has 0 spiro atoms. The summed E-state index contributed by atoms with van der Waals surface area (Å²) in [6, 6.07) is 10.5. The molecule has 0 aliphatic carbocycles. The van der Waals surface area contributed by atoms with Crippen LogP contribution in [-0.2, 0) is 0 Å². The first kappa shape index (κ1) is 10.5. The maximum Gasteiger partial charge on any atom is 0.143 e. The first-order valence-electron chi connectivity index (χ1n) is 6.29. The van der Waals surface area contributed by atoms with E-state index in [1.807, 2.05) is 12.3 Å². The lowest BCUT2D eigenvalue weighted by Gasteiger charge is -2.22. The van der Waals surface area contributed by atoms with Gasteiger partial charge in [0.15, 0.2) is 0 Å². The maximum atomic E-state index is 4.54. The molecule has 3 rings (SSSR count). The van der Waals surface area contributed by atoms with E-state index in [4.69, 9.17) is 0 Å². The Bertz CT molecular complexity index is 502. The zero-order valence-corrected chi connectivity index (χ0v) is 9.89. The fourth-order valence-electron chi connectivity index (χ4n) is 2.28. The van der Waals surface area contributed by atoms with Gasteiger partial charge in [0.1, 0.15) is 5.82 Å².